The van der Waals surface area contributed by atoms with Crippen molar-refractivity contribution in [1.29, 1.82) is 0 Å². The molecule has 0 atom stereocenters. The number of amides is 3. The van der Waals surface area contributed by atoms with Crippen LogP contribution in [0.15, 0.2) is 77.7 Å². The van der Waals surface area contributed by atoms with Crippen LogP contribution in [-0.2, 0) is 0 Å². The van der Waals surface area contributed by atoms with Crippen molar-refractivity contribution >= 4 is 35.2 Å². The third kappa shape index (κ3) is 3.77. The lowest BCUT2D eigenvalue weighted by Gasteiger charge is -2.14. The Labute approximate surface area is 170 Å². The zero-order chi connectivity index (χ0) is 20.4. The number of hydrogen-bond acceptors (Lipinski definition) is 4. The SMILES string of the molecule is O=C(Nc1cccc(SCN2C(=O)c3ccccc3C2=O)c1)c1ccccc1F. The minimum absolute atomic E-state index is 0.0448. The normalized spacial score (nSPS) is 12.8. The van der Waals surface area contributed by atoms with Crippen LogP contribution in [-0.4, -0.2) is 28.5 Å². The molecular weight excluding hydrogens is 391 g/mol. The van der Waals surface area contributed by atoms with Crippen molar-refractivity contribution < 1.29 is 18.8 Å². The number of hydrogen-bond donors (Lipinski definition) is 1. The maximum Gasteiger partial charge on any atom is 0.262 e. The van der Waals surface area contributed by atoms with E-state index >= 15 is 0 Å². The molecule has 7 heteroatoms. The monoisotopic (exact) mass is 406 g/mol. The van der Waals surface area contributed by atoms with Crippen LogP contribution >= 0.6 is 11.8 Å². The van der Waals surface area contributed by atoms with Crippen LogP contribution in [0.3, 0.4) is 0 Å². The first-order valence-electron chi connectivity index (χ1n) is 8.78. The van der Waals surface area contributed by atoms with Crippen LogP contribution in [0.5, 0.6) is 0 Å². The van der Waals surface area contributed by atoms with Gasteiger partial charge in [0, 0.05) is 10.6 Å². The lowest BCUT2D eigenvalue weighted by atomic mass is 10.1. The third-order valence-electron chi connectivity index (χ3n) is 4.45. The summed E-state index contributed by atoms with van der Waals surface area (Å²) in [7, 11) is 0. The van der Waals surface area contributed by atoms with Crippen molar-refractivity contribution in [1.82, 2.24) is 4.90 Å². The van der Waals surface area contributed by atoms with Gasteiger partial charge in [0.05, 0.1) is 22.6 Å². The quantitative estimate of drug-likeness (QED) is 0.503. The number of carbonyl (C=O) groups excluding carboxylic acids is 3. The molecule has 144 valence electrons. The average molecular weight is 406 g/mol. The molecule has 0 aliphatic carbocycles. The van der Waals surface area contributed by atoms with Gasteiger partial charge in [-0.1, -0.05) is 30.3 Å². The summed E-state index contributed by atoms with van der Waals surface area (Å²) in [6, 6.07) is 19.4. The zero-order valence-electron chi connectivity index (χ0n) is 15.1. The highest BCUT2D eigenvalue weighted by molar-refractivity contribution is 7.99. The maximum absolute atomic E-state index is 13.8. The summed E-state index contributed by atoms with van der Waals surface area (Å²) >= 11 is 1.29. The van der Waals surface area contributed by atoms with Crippen molar-refractivity contribution in [2.75, 3.05) is 11.2 Å². The van der Waals surface area contributed by atoms with Gasteiger partial charge in [0.2, 0.25) is 0 Å². The van der Waals surface area contributed by atoms with Gasteiger partial charge in [0.15, 0.2) is 0 Å². The molecule has 1 N–H and O–H groups in total. The fourth-order valence-corrected chi connectivity index (χ4v) is 3.90. The first kappa shape index (κ1) is 18.9. The molecule has 4 rings (SSSR count). The second kappa shape index (κ2) is 7.89. The average Bonchev–Trinajstić information content (AvgIpc) is 2.97. The number of benzene rings is 3. The molecule has 3 aromatic carbocycles. The molecule has 3 aromatic rings. The number of nitrogens with zero attached hydrogens (tertiary/aromatic N) is 1. The fourth-order valence-electron chi connectivity index (χ4n) is 3.00. The van der Waals surface area contributed by atoms with Crippen LogP contribution in [0, 0.1) is 5.82 Å². The first-order chi connectivity index (χ1) is 14.0. The highest BCUT2D eigenvalue weighted by Crippen LogP contribution is 2.28. The predicted molar refractivity (Wildman–Crippen MR) is 108 cm³/mol. The molecule has 1 aliphatic rings. The summed E-state index contributed by atoms with van der Waals surface area (Å²) in [5, 5.41) is 2.66. The third-order valence-corrected chi connectivity index (χ3v) is 5.42. The largest absolute Gasteiger partial charge is 0.322 e. The van der Waals surface area contributed by atoms with Crippen LogP contribution < -0.4 is 5.32 Å². The summed E-state index contributed by atoms with van der Waals surface area (Å²) < 4.78 is 13.8. The molecule has 0 fully saturated rings. The number of fused-ring (bicyclic) bond motifs is 1. The molecule has 0 bridgehead atoms. The van der Waals surface area contributed by atoms with E-state index in [1.54, 1.807) is 48.5 Å². The maximum atomic E-state index is 13.8. The number of halogens is 1. The molecule has 0 radical (unpaired) electrons. The topological polar surface area (TPSA) is 66.5 Å². The highest BCUT2D eigenvalue weighted by Gasteiger charge is 2.34. The molecule has 0 unspecified atom stereocenters. The predicted octanol–water partition coefficient (Wildman–Crippen LogP) is 4.42. The van der Waals surface area contributed by atoms with Gasteiger partial charge < -0.3 is 5.32 Å². The molecule has 0 saturated heterocycles. The Hall–Kier alpha value is -3.45. The van der Waals surface area contributed by atoms with Crippen molar-refractivity contribution in [2.24, 2.45) is 0 Å². The molecule has 0 saturated carbocycles. The fraction of sp³-hybridized carbons (Fsp3) is 0.0455. The van der Waals surface area contributed by atoms with Crippen LogP contribution in [0.1, 0.15) is 31.1 Å². The van der Waals surface area contributed by atoms with Crippen LogP contribution in [0.25, 0.3) is 0 Å². The first-order valence-corrected chi connectivity index (χ1v) is 9.77. The minimum atomic E-state index is -0.596. The van der Waals surface area contributed by atoms with Gasteiger partial charge in [-0.2, -0.15) is 0 Å². The zero-order valence-corrected chi connectivity index (χ0v) is 15.9. The smallest absolute Gasteiger partial charge is 0.262 e. The molecule has 0 spiro atoms. The second-order valence-corrected chi connectivity index (χ2v) is 7.34. The van der Waals surface area contributed by atoms with Gasteiger partial charge >= 0.3 is 0 Å². The summed E-state index contributed by atoms with van der Waals surface area (Å²) in [4.78, 5) is 39.1. The number of imide groups is 1. The molecule has 5 nitrogen and oxygen atoms in total. The Morgan fingerprint density at radius 3 is 2.24 bits per heavy atom. The van der Waals surface area contributed by atoms with E-state index < -0.39 is 11.7 Å². The molecule has 0 aromatic heterocycles. The van der Waals surface area contributed by atoms with E-state index in [2.05, 4.69) is 5.32 Å². The van der Waals surface area contributed by atoms with E-state index in [4.69, 9.17) is 0 Å². The molecular formula is C22H15FN2O3S. The minimum Gasteiger partial charge on any atom is -0.322 e. The van der Waals surface area contributed by atoms with E-state index in [1.807, 2.05) is 6.07 Å². The van der Waals surface area contributed by atoms with Gasteiger partial charge in [0.1, 0.15) is 5.82 Å². The van der Waals surface area contributed by atoms with Gasteiger partial charge in [-0.05, 0) is 42.5 Å². The highest BCUT2D eigenvalue weighted by atomic mass is 32.2. The van der Waals surface area contributed by atoms with Crippen LogP contribution in [0.2, 0.25) is 0 Å². The number of carbonyl (C=O) groups is 3. The Kier molecular flexibility index (Phi) is 5.14. The van der Waals surface area contributed by atoms with E-state index in [1.165, 1.54) is 34.9 Å². The van der Waals surface area contributed by atoms with Gasteiger partial charge in [0.25, 0.3) is 17.7 Å². The molecule has 29 heavy (non-hydrogen) atoms. The van der Waals surface area contributed by atoms with E-state index in [9.17, 15) is 18.8 Å². The number of anilines is 1. The van der Waals surface area contributed by atoms with Crippen molar-refractivity contribution in [2.45, 2.75) is 4.90 Å². The lowest BCUT2D eigenvalue weighted by Crippen LogP contribution is -2.29. The number of rotatable bonds is 5. The van der Waals surface area contributed by atoms with Gasteiger partial charge in [-0.25, -0.2) is 4.39 Å². The Morgan fingerprint density at radius 1 is 0.897 bits per heavy atom. The standard InChI is InChI=1S/C22H15FN2O3S/c23-19-11-4-3-10-18(19)20(26)24-14-6-5-7-15(12-14)29-13-25-21(27)16-8-1-2-9-17(16)22(25)28/h1-12H,13H2,(H,24,26). The van der Waals surface area contributed by atoms with Gasteiger partial charge in [-0.15, -0.1) is 11.8 Å². The van der Waals surface area contributed by atoms with Crippen molar-refractivity contribution in [3.05, 3.63) is 95.3 Å². The van der Waals surface area contributed by atoms with Crippen LogP contribution in [0.4, 0.5) is 10.1 Å². The number of thioether (sulfide) groups is 1. The Morgan fingerprint density at radius 2 is 1.55 bits per heavy atom. The van der Waals surface area contributed by atoms with E-state index in [-0.39, 0.29) is 23.3 Å². The lowest BCUT2D eigenvalue weighted by molar-refractivity contribution is 0.0683. The Bertz CT molecular complexity index is 1100. The number of nitrogens with one attached hydrogen (secondary N) is 1. The summed E-state index contributed by atoms with van der Waals surface area (Å²) in [5.41, 5.74) is 1.26. The molecule has 1 aliphatic heterocycles. The molecule has 1 heterocycles. The van der Waals surface area contributed by atoms with E-state index in [0.29, 0.717) is 16.8 Å². The van der Waals surface area contributed by atoms with Crippen molar-refractivity contribution in [3.8, 4) is 0 Å². The van der Waals surface area contributed by atoms with Crippen molar-refractivity contribution in [3.63, 3.8) is 0 Å². The summed E-state index contributed by atoms with van der Waals surface area (Å²) in [5.74, 6) is -1.63. The molecule has 3 amide bonds. The van der Waals surface area contributed by atoms with E-state index in [0.717, 1.165) is 4.90 Å². The summed E-state index contributed by atoms with van der Waals surface area (Å²) in [6.07, 6.45) is 0. The second-order valence-electron chi connectivity index (χ2n) is 6.32. The Balaban J connectivity index is 1.44. The summed E-state index contributed by atoms with van der Waals surface area (Å²) in [6.45, 7) is 0. The van der Waals surface area contributed by atoms with Gasteiger partial charge in [-0.3, -0.25) is 19.3 Å².